The summed E-state index contributed by atoms with van der Waals surface area (Å²) in [5, 5.41) is 104. The van der Waals surface area contributed by atoms with Crippen LogP contribution in [0.25, 0.3) is 0 Å². The fraction of sp³-hybridized carbons (Fsp3) is 0.833. The zero-order chi connectivity index (χ0) is 21.2. The van der Waals surface area contributed by atoms with Gasteiger partial charge in [0, 0.05) is 21.7 Å². The first-order valence-corrected chi connectivity index (χ1v) is 6.95. The van der Waals surface area contributed by atoms with Gasteiger partial charge in [-0.1, -0.05) is 0 Å². The summed E-state index contributed by atoms with van der Waals surface area (Å²) in [6.45, 7) is -1.69. The maximum atomic E-state index is 10.1. The molecule has 0 radical (unpaired) electrons. The quantitative estimate of drug-likeness (QED) is 0.141. The number of carboxylic acids is 2. The van der Waals surface area contributed by atoms with E-state index in [9.17, 15) is 9.59 Å². The molecule has 15 heteroatoms. The topological polar surface area (TPSA) is 277 Å². The van der Waals surface area contributed by atoms with E-state index in [0.717, 1.165) is 0 Å². The number of aliphatic hydroxyl groups is 10. The second-order valence-electron chi connectivity index (χ2n) is 5.03. The van der Waals surface area contributed by atoms with E-state index in [4.69, 9.17) is 61.3 Å². The van der Waals surface area contributed by atoms with Gasteiger partial charge in [0.2, 0.25) is 0 Å². The molecule has 0 saturated heterocycles. The van der Waals surface area contributed by atoms with Crippen LogP contribution in [-0.4, -0.2) is 135 Å². The van der Waals surface area contributed by atoms with E-state index >= 15 is 0 Å². The molecule has 27 heavy (non-hydrogen) atoms. The van der Waals surface area contributed by atoms with Crippen molar-refractivity contribution >= 4 is 11.9 Å². The molecule has 0 amide bonds. The zero-order valence-corrected chi connectivity index (χ0v) is 15.3. The predicted molar refractivity (Wildman–Crippen MR) is 77.5 cm³/mol. The van der Waals surface area contributed by atoms with Gasteiger partial charge in [-0.05, 0) is 0 Å². The number of hydrogen-bond acceptors (Lipinski definition) is 12. The molecule has 0 aliphatic heterocycles. The average Bonchev–Trinajstić information content (AvgIpc) is 2.62. The Hall–Kier alpha value is -0.746. The molecular formula is C12H24O14Ti. The molecule has 8 atom stereocenters. The van der Waals surface area contributed by atoms with Crippen molar-refractivity contribution < 1.29 is 92.6 Å². The molecule has 0 fully saturated rings. The van der Waals surface area contributed by atoms with Crippen LogP contribution in [0.4, 0.5) is 0 Å². The Labute approximate surface area is 167 Å². The summed E-state index contributed by atoms with van der Waals surface area (Å²) >= 11 is 0. The smallest absolute Gasteiger partial charge is 0.335 e. The van der Waals surface area contributed by atoms with Gasteiger partial charge in [0.1, 0.15) is 36.6 Å². The summed E-state index contributed by atoms with van der Waals surface area (Å²) in [5.41, 5.74) is 0. The maximum Gasteiger partial charge on any atom is 0.335 e. The van der Waals surface area contributed by atoms with Gasteiger partial charge in [0.25, 0.3) is 0 Å². The van der Waals surface area contributed by atoms with Crippen LogP contribution in [-0.2, 0) is 31.3 Å². The third kappa shape index (κ3) is 11.0. The van der Waals surface area contributed by atoms with Gasteiger partial charge < -0.3 is 61.3 Å². The van der Waals surface area contributed by atoms with E-state index < -0.39 is 74.0 Å². The molecule has 0 saturated carbocycles. The Morgan fingerprint density at radius 1 is 0.556 bits per heavy atom. The molecule has 160 valence electrons. The molecule has 0 aromatic heterocycles. The number of carboxylic acid groups (broad SMARTS) is 2. The van der Waals surface area contributed by atoms with E-state index in [-0.39, 0.29) is 21.7 Å². The minimum Gasteiger partial charge on any atom is -0.479 e. The largest absolute Gasteiger partial charge is 0.479 e. The second-order valence-corrected chi connectivity index (χ2v) is 5.03. The fourth-order valence-corrected chi connectivity index (χ4v) is 1.34. The molecule has 0 aromatic carbocycles. The molecule has 0 aliphatic carbocycles. The summed E-state index contributed by atoms with van der Waals surface area (Å²) in [5.74, 6) is -3.45. The Morgan fingerprint density at radius 2 is 0.778 bits per heavy atom. The van der Waals surface area contributed by atoms with Gasteiger partial charge in [-0.2, -0.15) is 0 Å². The summed E-state index contributed by atoms with van der Waals surface area (Å²) in [4.78, 5) is 20.2. The Balaban J connectivity index is -0.000000411. The van der Waals surface area contributed by atoms with Crippen LogP contribution in [0.1, 0.15) is 0 Å². The van der Waals surface area contributed by atoms with Crippen molar-refractivity contribution in [3.63, 3.8) is 0 Å². The van der Waals surface area contributed by atoms with Gasteiger partial charge in [-0.15, -0.1) is 0 Å². The first-order chi connectivity index (χ1) is 11.8. The zero-order valence-electron chi connectivity index (χ0n) is 13.7. The number of aliphatic carboxylic acids is 2. The number of hydrogen-bond donors (Lipinski definition) is 12. The molecular weight excluding hydrogens is 416 g/mol. The van der Waals surface area contributed by atoms with E-state index in [1.54, 1.807) is 0 Å². The standard InChI is InChI=1S/2C6H12O7.Ti/c2*7-1-2(8)3(9)4(10)5(11)6(12)13;/h2*2-5,7-11H,1H2,(H,12,13);/t2*2-,3-,4+,5-;/m11./s1. The molecule has 0 heterocycles. The van der Waals surface area contributed by atoms with E-state index in [1.165, 1.54) is 0 Å². The van der Waals surface area contributed by atoms with E-state index in [1.807, 2.05) is 0 Å². The second kappa shape index (κ2) is 15.2. The maximum absolute atomic E-state index is 10.1. The molecule has 0 bridgehead atoms. The van der Waals surface area contributed by atoms with Gasteiger partial charge in [-0.3, -0.25) is 0 Å². The van der Waals surface area contributed by atoms with E-state index in [2.05, 4.69) is 0 Å². The molecule has 14 nitrogen and oxygen atoms in total. The van der Waals surface area contributed by atoms with Crippen LogP contribution in [0.2, 0.25) is 0 Å². The third-order valence-corrected chi connectivity index (χ3v) is 3.02. The monoisotopic (exact) mass is 440 g/mol. The molecule has 0 aromatic rings. The van der Waals surface area contributed by atoms with Crippen molar-refractivity contribution in [1.29, 1.82) is 0 Å². The van der Waals surface area contributed by atoms with Crippen LogP contribution >= 0.6 is 0 Å². The van der Waals surface area contributed by atoms with E-state index in [0.29, 0.717) is 0 Å². The van der Waals surface area contributed by atoms with Gasteiger partial charge in [-0.25, -0.2) is 9.59 Å². The Kier molecular flexibility index (Phi) is 17.4. The van der Waals surface area contributed by atoms with Crippen LogP contribution in [0.3, 0.4) is 0 Å². The van der Waals surface area contributed by atoms with Crippen molar-refractivity contribution in [2.45, 2.75) is 48.8 Å². The number of carbonyl (C=O) groups is 2. The SMILES string of the molecule is O=C(O)[C@H](O)[C@@H](O)[C@H](O)[C@H](O)CO.O=C(O)[C@H](O)[C@@H](O)[C@H](O)[C@H](O)CO.[Ti]. The summed E-state index contributed by atoms with van der Waals surface area (Å²) in [7, 11) is 0. The molecule has 0 spiro atoms. The Bertz CT molecular complexity index is 385. The average molecular weight is 440 g/mol. The third-order valence-electron chi connectivity index (χ3n) is 3.02. The first kappa shape index (κ1) is 31.0. The molecule has 0 unspecified atom stereocenters. The molecule has 0 rings (SSSR count). The Morgan fingerprint density at radius 3 is 0.926 bits per heavy atom. The van der Waals surface area contributed by atoms with Crippen LogP contribution < -0.4 is 0 Å². The van der Waals surface area contributed by atoms with Crippen molar-refractivity contribution in [3.8, 4) is 0 Å². The number of aliphatic hydroxyl groups excluding tert-OH is 10. The molecule has 12 N–H and O–H groups in total. The van der Waals surface area contributed by atoms with Gasteiger partial charge >= 0.3 is 11.9 Å². The minimum absolute atomic E-state index is 0. The van der Waals surface area contributed by atoms with Gasteiger partial charge in [0.15, 0.2) is 12.2 Å². The van der Waals surface area contributed by atoms with Crippen molar-refractivity contribution in [2.75, 3.05) is 13.2 Å². The van der Waals surface area contributed by atoms with Crippen LogP contribution in [0.5, 0.6) is 0 Å². The van der Waals surface area contributed by atoms with Crippen LogP contribution in [0.15, 0.2) is 0 Å². The minimum atomic E-state index is -2.20. The fourth-order valence-electron chi connectivity index (χ4n) is 1.34. The summed E-state index contributed by atoms with van der Waals surface area (Å²) in [6, 6.07) is 0. The summed E-state index contributed by atoms with van der Waals surface area (Å²) < 4.78 is 0. The first-order valence-electron chi connectivity index (χ1n) is 6.95. The normalized spacial score (nSPS) is 19.6. The van der Waals surface area contributed by atoms with Crippen LogP contribution in [0, 0.1) is 0 Å². The van der Waals surface area contributed by atoms with Crippen molar-refractivity contribution in [2.24, 2.45) is 0 Å². The number of rotatable bonds is 10. The van der Waals surface area contributed by atoms with Crippen molar-refractivity contribution in [1.82, 2.24) is 0 Å². The van der Waals surface area contributed by atoms with Crippen molar-refractivity contribution in [3.05, 3.63) is 0 Å². The molecule has 0 aliphatic rings. The van der Waals surface area contributed by atoms with Gasteiger partial charge in [0.05, 0.1) is 13.2 Å². The predicted octanol–water partition coefficient (Wildman–Crippen LogP) is -6.99. The summed E-state index contributed by atoms with van der Waals surface area (Å²) in [6.07, 6.45) is -15.7.